The smallest absolute Gasteiger partial charge is 0.213 e. The molecule has 1 aromatic rings. The number of hydrogen-bond donors (Lipinski definition) is 2. The van der Waals surface area contributed by atoms with Gasteiger partial charge in [0.25, 0.3) is 0 Å². The summed E-state index contributed by atoms with van der Waals surface area (Å²) in [7, 11) is 0. The van der Waals surface area contributed by atoms with Gasteiger partial charge in [-0.25, -0.2) is 4.98 Å². The normalized spacial score (nSPS) is 12.5. The fourth-order valence-corrected chi connectivity index (χ4v) is 1.17. The highest BCUT2D eigenvalue weighted by molar-refractivity contribution is 5.15. The maximum absolute atomic E-state index is 9.09. The van der Waals surface area contributed by atoms with E-state index >= 15 is 0 Å². The first-order chi connectivity index (χ1) is 7.26. The van der Waals surface area contributed by atoms with E-state index < -0.39 is 6.10 Å². The standard InChI is InChI=1S/C11H17NO3/c1-2-4-9-5-3-6-11(12-9)15-8-10(14)7-13/h3,5-6,10,13-14H,2,4,7-8H2,1H3. The fraction of sp³-hybridized carbons (Fsp3) is 0.545. The molecule has 0 bridgehead atoms. The van der Waals surface area contributed by atoms with E-state index in [-0.39, 0.29) is 13.2 Å². The predicted molar refractivity (Wildman–Crippen MR) is 56.8 cm³/mol. The minimum Gasteiger partial charge on any atom is -0.475 e. The van der Waals surface area contributed by atoms with Crippen molar-refractivity contribution in [2.24, 2.45) is 0 Å². The van der Waals surface area contributed by atoms with Crippen LogP contribution in [0.5, 0.6) is 5.88 Å². The summed E-state index contributed by atoms with van der Waals surface area (Å²) in [6.45, 7) is 1.86. The van der Waals surface area contributed by atoms with E-state index in [4.69, 9.17) is 14.9 Å². The van der Waals surface area contributed by atoms with Crippen molar-refractivity contribution in [3.8, 4) is 5.88 Å². The lowest BCUT2D eigenvalue weighted by molar-refractivity contribution is 0.0520. The fourth-order valence-electron chi connectivity index (χ4n) is 1.17. The van der Waals surface area contributed by atoms with Crippen molar-refractivity contribution in [3.05, 3.63) is 23.9 Å². The van der Waals surface area contributed by atoms with Crippen LogP contribution >= 0.6 is 0 Å². The van der Waals surface area contributed by atoms with Gasteiger partial charge in [0.05, 0.1) is 6.61 Å². The Bertz CT molecular complexity index is 291. The minimum atomic E-state index is -0.846. The largest absolute Gasteiger partial charge is 0.475 e. The van der Waals surface area contributed by atoms with Crippen LogP contribution in [-0.4, -0.2) is 34.5 Å². The molecule has 1 unspecified atom stereocenters. The van der Waals surface area contributed by atoms with E-state index in [1.54, 1.807) is 6.07 Å². The Hall–Kier alpha value is -1.13. The Balaban J connectivity index is 2.50. The Labute approximate surface area is 89.5 Å². The van der Waals surface area contributed by atoms with Gasteiger partial charge < -0.3 is 14.9 Å². The third kappa shape index (κ3) is 4.27. The van der Waals surface area contributed by atoms with Crippen LogP contribution in [-0.2, 0) is 6.42 Å². The highest BCUT2D eigenvalue weighted by Gasteiger charge is 2.04. The predicted octanol–water partition coefficient (Wildman–Crippen LogP) is 0.766. The van der Waals surface area contributed by atoms with Crippen molar-refractivity contribution in [1.29, 1.82) is 0 Å². The van der Waals surface area contributed by atoms with Gasteiger partial charge in [0.15, 0.2) is 0 Å². The SMILES string of the molecule is CCCc1cccc(OCC(O)CO)n1. The van der Waals surface area contributed by atoms with Crippen molar-refractivity contribution in [2.45, 2.75) is 25.9 Å². The number of aliphatic hydroxyl groups excluding tert-OH is 2. The number of nitrogens with zero attached hydrogens (tertiary/aromatic N) is 1. The molecule has 0 saturated heterocycles. The second-order valence-electron chi connectivity index (χ2n) is 3.36. The Morgan fingerprint density at radius 1 is 1.47 bits per heavy atom. The molecule has 0 aliphatic rings. The van der Waals surface area contributed by atoms with E-state index in [9.17, 15) is 0 Å². The minimum absolute atomic E-state index is 0.0685. The molecular weight excluding hydrogens is 194 g/mol. The van der Waals surface area contributed by atoms with Crippen LogP contribution in [0.25, 0.3) is 0 Å². The van der Waals surface area contributed by atoms with E-state index in [0.717, 1.165) is 18.5 Å². The summed E-state index contributed by atoms with van der Waals surface area (Å²) in [6.07, 6.45) is 1.11. The molecule has 1 rings (SSSR count). The first-order valence-electron chi connectivity index (χ1n) is 5.14. The zero-order valence-electron chi connectivity index (χ0n) is 8.89. The highest BCUT2D eigenvalue weighted by atomic mass is 16.5. The van der Waals surface area contributed by atoms with Crippen LogP contribution in [0.3, 0.4) is 0 Å². The molecule has 4 heteroatoms. The molecule has 15 heavy (non-hydrogen) atoms. The van der Waals surface area contributed by atoms with Crippen molar-refractivity contribution in [2.75, 3.05) is 13.2 Å². The topological polar surface area (TPSA) is 62.6 Å². The molecule has 84 valence electrons. The molecule has 0 aromatic carbocycles. The maximum atomic E-state index is 9.09. The molecule has 2 N–H and O–H groups in total. The van der Waals surface area contributed by atoms with Gasteiger partial charge in [-0.15, -0.1) is 0 Å². The molecule has 0 radical (unpaired) electrons. The van der Waals surface area contributed by atoms with E-state index in [0.29, 0.717) is 5.88 Å². The molecular formula is C11H17NO3. The Morgan fingerprint density at radius 3 is 2.93 bits per heavy atom. The number of rotatable bonds is 6. The summed E-state index contributed by atoms with van der Waals surface area (Å²) < 4.78 is 5.22. The second-order valence-corrected chi connectivity index (χ2v) is 3.36. The zero-order valence-corrected chi connectivity index (χ0v) is 8.89. The first kappa shape index (κ1) is 11.9. The average molecular weight is 211 g/mol. The first-order valence-corrected chi connectivity index (χ1v) is 5.14. The number of hydrogen-bond acceptors (Lipinski definition) is 4. The Morgan fingerprint density at radius 2 is 2.27 bits per heavy atom. The van der Waals surface area contributed by atoms with Crippen LogP contribution < -0.4 is 4.74 Å². The lowest BCUT2D eigenvalue weighted by Crippen LogP contribution is -2.21. The summed E-state index contributed by atoms with van der Waals surface area (Å²) in [4.78, 5) is 4.25. The van der Waals surface area contributed by atoms with E-state index in [1.807, 2.05) is 12.1 Å². The van der Waals surface area contributed by atoms with E-state index in [1.165, 1.54) is 0 Å². The lowest BCUT2D eigenvalue weighted by atomic mass is 10.2. The van der Waals surface area contributed by atoms with Gasteiger partial charge in [0, 0.05) is 11.8 Å². The number of aryl methyl sites for hydroxylation is 1. The quantitative estimate of drug-likeness (QED) is 0.729. The van der Waals surface area contributed by atoms with Gasteiger partial charge in [-0.2, -0.15) is 0 Å². The van der Waals surface area contributed by atoms with Gasteiger partial charge in [-0.05, 0) is 12.5 Å². The number of pyridine rings is 1. The average Bonchev–Trinajstić information content (AvgIpc) is 2.27. The van der Waals surface area contributed by atoms with Crippen LogP contribution in [0, 0.1) is 0 Å². The van der Waals surface area contributed by atoms with Crippen LogP contribution in [0.2, 0.25) is 0 Å². The van der Waals surface area contributed by atoms with Gasteiger partial charge in [-0.1, -0.05) is 19.4 Å². The van der Waals surface area contributed by atoms with Crippen molar-refractivity contribution >= 4 is 0 Å². The summed E-state index contributed by atoms with van der Waals surface area (Å²) in [6, 6.07) is 5.56. The molecule has 1 aromatic heterocycles. The summed E-state index contributed by atoms with van der Waals surface area (Å²) in [5.41, 5.74) is 0.980. The van der Waals surface area contributed by atoms with Gasteiger partial charge in [-0.3, -0.25) is 0 Å². The molecule has 0 amide bonds. The van der Waals surface area contributed by atoms with Crippen LogP contribution in [0.4, 0.5) is 0 Å². The van der Waals surface area contributed by atoms with Crippen molar-refractivity contribution in [3.63, 3.8) is 0 Å². The Kier molecular flexibility index (Phi) is 5.07. The molecule has 1 heterocycles. The summed E-state index contributed by atoms with van der Waals surface area (Å²) in [5, 5.41) is 17.7. The molecule has 1 atom stereocenters. The van der Waals surface area contributed by atoms with Crippen molar-refractivity contribution < 1.29 is 14.9 Å². The number of ether oxygens (including phenoxy) is 1. The van der Waals surface area contributed by atoms with E-state index in [2.05, 4.69) is 11.9 Å². The molecule has 4 nitrogen and oxygen atoms in total. The van der Waals surface area contributed by atoms with Gasteiger partial charge >= 0.3 is 0 Å². The zero-order chi connectivity index (χ0) is 11.1. The molecule has 0 aliphatic carbocycles. The molecule has 0 saturated carbocycles. The highest BCUT2D eigenvalue weighted by Crippen LogP contribution is 2.09. The van der Waals surface area contributed by atoms with Gasteiger partial charge in [0.1, 0.15) is 12.7 Å². The summed E-state index contributed by atoms with van der Waals surface area (Å²) in [5.74, 6) is 0.494. The molecule has 0 spiro atoms. The van der Waals surface area contributed by atoms with Crippen LogP contribution in [0.15, 0.2) is 18.2 Å². The number of aromatic nitrogens is 1. The molecule has 0 fully saturated rings. The second kappa shape index (κ2) is 6.37. The molecule has 0 aliphatic heterocycles. The van der Waals surface area contributed by atoms with Crippen molar-refractivity contribution in [1.82, 2.24) is 4.98 Å². The van der Waals surface area contributed by atoms with Gasteiger partial charge in [0.2, 0.25) is 5.88 Å². The van der Waals surface area contributed by atoms with Crippen LogP contribution in [0.1, 0.15) is 19.0 Å². The number of aliphatic hydroxyl groups is 2. The maximum Gasteiger partial charge on any atom is 0.213 e. The lowest BCUT2D eigenvalue weighted by Gasteiger charge is -2.09. The summed E-state index contributed by atoms with van der Waals surface area (Å²) >= 11 is 0. The monoisotopic (exact) mass is 211 g/mol. The third-order valence-corrected chi connectivity index (χ3v) is 1.92. The third-order valence-electron chi connectivity index (χ3n) is 1.92.